The van der Waals surface area contributed by atoms with Crippen molar-refractivity contribution >= 4 is 5.70 Å². The number of nitrogens with zero attached hydrogens (tertiary/aromatic N) is 2. The molecule has 1 heterocycles. The maximum absolute atomic E-state index is 4.02. The zero-order valence-electron chi connectivity index (χ0n) is 9.69. The van der Waals surface area contributed by atoms with E-state index in [-0.39, 0.29) is 0 Å². The predicted molar refractivity (Wildman–Crippen MR) is 68.2 cm³/mol. The summed E-state index contributed by atoms with van der Waals surface area (Å²) in [5.74, 6) is 0.629. The molecule has 0 fully saturated rings. The van der Waals surface area contributed by atoms with Crippen LogP contribution in [0.4, 0.5) is 0 Å². The van der Waals surface area contributed by atoms with Gasteiger partial charge in [-0.3, -0.25) is 5.10 Å². The third kappa shape index (κ3) is 3.45. The fourth-order valence-corrected chi connectivity index (χ4v) is 1.61. The van der Waals surface area contributed by atoms with Gasteiger partial charge in [-0.25, -0.2) is 4.98 Å². The topological polar surface area (TPSA) is 53.6 Å². The minimum Gasteiger partial charge on any atom is -0.382 e. The van der Waals surface area contributed by atoms with E-state index in [0.717, 1.165) is 25.1 Å². The molecule has 0 atom stereocenters. The third-order valence-electron chi connectivity index (χ3n) is 2.51. The SMILES string of the molecule is C=C(NCCCc1ccccc1)c1nc[nH]n1. The molecule has 0 bridgehead atoms. The number of H-pyrrole nitrogens is 1. The molecule has 0 unspecified atom stereocenters. The first-order valence-corrected chi connectivity index (χ1v) is 5.69. The van der Waals surface area contributed by atoms with Gasteiger partial charge in [-0.1, -0.05) is 36.9 Å². The average molecular weight is 228 g/mol. The second kappa shape index (κ2) is 5.84. The molecule has 88 valence electrons. The molecule has 1 aromatic carbocycles. The molecule has 17 heavy (non-hydrogen) atoms. The molecule has 2 N–H and O–H groups in total. The molecule has 0 aliphatic rings. The molecule has 0 saturated carbocycles. The Hall–Kier alpha value is -2.10. The maximum atomic E-state index is 4.02. The van der Waals surface area contributed by atoms with Crippen molar-refractivity contribution in [3.63, 3.8) is 0 Å². The monoisotopic (exact) mass is 228 g/mol. The standard InChI is InChI=1S/C13H16N4/c1-11(13-15-10-16-17-13)14-9-5-8-12-6-3-2-4-7-12/h2-4,6-7,10,14H,1,5,8-9H2,(H,15,16,17). The van der Waals surface area contributed by atoms with E-state index < -0.39 is 0 Å². The molecule has 2 rings (SSSR count). The van der Waals surface area contributed by atoms with Crippen molar-refractivity contribution in [3.05, 3.63) is 54.6 Å². The fraction of sp³-hybridized carbons (Fsp3) is 0.231. The molecule has 0 radical (unpaired) electrons. The van der Waals surface area contributed by atoms with E-state index in [4.69, 9.17) is 0 Å². The molecule has 0 spiro atoms. The van der Waals surface area contributed by atoms with Crippen LogP contribution in [-0.4, -0.2) is 21.7 Å². The van der Waals surface area contributed by atoms with Crippen LogP contribution in [0.5, 0.6) is 0 Å². The molecule has 4 nitrogen and oxygen atoms in total. The number of hydrogen-bond acceptors (Lipinski definition) is 3. The van der Waals surface area contributed by atoms with E-state index >= 15 is 0 Å². The number of aromatic amines is 1. The number of benzene rings is 1. The van der Waals surface area contributed by atoms with Crippen molar-refractivity contribution in [3.8, 4) is 0 Å². The predicted octanol–water partition coefficient (Wildman–Crippen LogP) is 2.00. The van der Waals surface area contributed by atoms with Crippen LogP contribution in [0.2, 0.25) is 0 Å². The molecule has 4 heteroatoms. The Bertz CT molecular complexity index is 448. The van der Waals surface area contributed by atoms with E-state index in [0.29, 0.717) is 5.82 Å². The van der Waals surface area contributed by atoms with Crippen LogP contribution < -0.4 is 5.32 Å². The highest BCUT2D eigenvalue weighted by Gasteiger charge is 2.00. The summed E-state index contributed by atoms with van der Waals surface area (Å²) in [4.78, 5) is 4.02. The Morgan fingerprint density at radius 2 is 2.12 bits per heavy atom. The first-order valence-electron chi connectivity index (χ1n) is 5.69. The second-order valence-corrected chi connectivity index (χ2v) is 3.82. The Morgan fingerprint density at radius 3 is 2.82 bits per heavy atom. The smallest absolute Gasteiger partial charge is 0.196 e. The summed E-state index contributed by atoms with van der Waals surface area (Å²) in [5.41, 5.74) is 2.12. The van der Waals surface area contributed by atoms with Gasteiger partial charge in [-0.2, -0.15) is 5.10 Å². The summed E-state index contributed by atoms with van der Waals surface area (Å²) >= 11 is 0. The zero-order chi connectivity index (χ0) is 11.9. The fourth-order valence-electron chi connectivity index (χ4n) is 1.61. The van der Waals surface area contributed by atoms with Gasteiger partial charge in [0.25, 0.3) is 0 Å². The van der Waals surface area contributed by atoms with Crippen LogP contribution >= 0.6 is 0 Å². The van der Waals surface area contributed by atoms with Crippen molar-refractivity contribution < 1.29 is 0 Å². The van der Waals surface area contributed by atoms with Gasteiger partial charge >= 0.3 is 0 Å². The number of rotatable bonds is 6. The Labute approximate surface area is 101 Å². The van der Waals surface area contributed by atoms with Crippen molar-refractivity contribution in [2.24, 2.45) is 0 Å². The van der Waals surface area contributed by atoms with E-state index in [9.17, 15) is 0 Å². The number of hydrogen-bond donors (Lipinski definition) is 2. The van der Waals surface area contributed by atoms with Gasteiger partial charge in [0.15, 0.2) is 5.82 Å². The van der Waals surface area contributed by atoms with Crippen molar-refractivity contribution in [1.82, 2.24) is 20.5 Å². The molecule has 0 aliphatic heterocycles. The molecule has 0 saturated heterocycles. The molecule has 0 aliphatic carbocycles. The number of aryl methyl sites for hydroxylation is 1. The lowest BCUT2D eigenvalue weighted by molar-refractivity contribution is 0.758. The van der Waals surface area contributed by atoms with Crippen LogP contribution in [0.1, 0.15) is 17.8 Å². The van der Waals surface area contributed by atoms with Crippen LogP contribution in [0, 0.1) is 0 Å². The highest BCUT2D eigenvalue weighted by molar-refractivity contribution is 5.53. The summed E-state index contributed by atoms with van der Waals surface area (Å²) < 4.78 is 0. The lowest BCUT2D eigenvalue weighted by Crippen LogP contribution is -2.14. The van der Waals surface area contributed by atoms with Gasteiger partial charge in [0.05, 0.1) is 5.70 Å². The highest BCUT2D eigenvalue weighted by Crippen LogP contribution is 2.03. The van der Waals surface area contributed by atoms with Crippen LogP contribution in [-0.2, 0) is 6.42 Å². The first-order chi connectivity index (χ1) is 8.36. The summed E-state index contributed by atoms with van der Waals surface area (Å²) in [6.07, 6.45) is 3.68. The van der Waals surface area contributed by atoms with Crippen molar-refractivity contribution in [2.75, 3.05) is 6.54 Å². The van der Waals surface area contributed by atoms with Gasteiger partial charge in [0, 0.05) is 6.54 Å². The summed E-state index contributed by atoms with van der Waals surface area (Å²) in [7, 11) is 0. The molecule has 1 aromatic heterocycles. The Kier molecular flexibility index (Phi) is 3.91. The quantitative estimate of drug-likeness (QED) is 0.743. The van der Waals surface area contributed by atoms with E-state index in [2.05, 4.69) is 51.3 Å². The maximum Gasteiger partial charge on any atom is 0.196 e. The molecular formula is C13H16N4. The van der Waals surface area contributed by atoms with Gasteiger partial charge < -0.3 is 5.32 Å². The van der Waals surface area contributed by atoms with Crippen molar-refractivity contribution in [1.29, 1.82) is 0 Å². The minimum atomic E-state index is 0.629. The zero-order valence-corrected chi connectivity index (χ0v) is 9.69. The van der Waals surface area contributed by atoms with Crippen LogP contribution in [0.3, 0.4) is 0 Å². The summed E-state index contributed by atoms with van der Waals surface area (Å²) in [6, 6.07) is 10.5. The normalized spacial score (nSPS) is 10.1. The first kappa shape index (κ1) is 11.4. The Morgan fingerprint density at radius 1 is 1.29 bits per heavy atom. The lowest BCUT2D eigenvalue weighted by atomic mass is 10.1. The molecule has 2 aromatic rings. The third-order valence-corrected chi connectivity index (χ3v) is 2.51. The molecule has 0 amide bonds. The van der Waals surface area contributed by atoms with Gasteiger partial charge in [0.1, 0.15) is 6.33 Å². The summed E-state index contributed by atoms with van der Waals surface area (Å²) in [6.45, 7) is 4.76. The van der Waals surface area contributed by atoms with Gasteiger partial charge in [0.2, 0.25) is 0 Å². The van der Waals surface area contributed by atoms with E-state index in [1.807, 2.05) is 6.07 Å². The Balaban J connectivity index is 1.69. The molecular weight excluding hydrogens is 212 g/mol. The number of nitrogens with one attached hydrogen (secondary N) is 2. The van der Waals surface area contributed by atoms with Crippen LogP contribution in [0.25, 0.3) is 5.70 Å². The van der Waals surface area contributed by atoms with E-state index in [1.54, 1.807) is 6.33 Å². The minimum absolute atomic E-state index is 0.629. The highest BCUT2D eigenvalue weighted by atomic mass is 15.2. The summed E-state index contributed by atoms with van der Waals surface area (Å²) in [5, 5.41) is 9.84. The van der Waals surface area contributed by atoms with Gasteiger partial charge in [-0.15, -0.1) is 0 Å². The van der Waals surface area contributed by atoms with Crippen LogP contribution in [0.15, 0.2) is 43.2 Å². The van der Waals surface area contributed by atoms with E-state index in [1.165, 1.54) is 5.56 Å². The average Bonchev–Trinajstić information content (AvgIpc) is 2.89. The van der Waals surface area contributed by atoms with Crippen molar-refractivity contribution in [2.45, 2.75) is 12.8 Å². The largest absolute Gasteiger partial charge is 0.382 e. The second-order valence-electron chi connectivity index (χ2n) is 3.82. The van der Waals surface area contributed by atoms with Gasteiger partial charge in [-0.05, 0) is 18.4 Å². The number of aromatic nitrogens is 3. The lowest BCUT2D eigenvalue weighted by Gasteiger charge is -2.06.